The van der Waals surface area contributed by atoms with Crippen molar-refractivity contribution in [1.82, 2.24) is 10.6 Å². The molecule has 0 spiro atoms. The Bertz CT molecular complexity index is 1160. The molecule has 3 aromatic carbocycles. The lowest BCUT2D eigenvalue weighted by atomic mass is 10.1. The molecule has 3 rings (SSSR count). The number of rotatable bonds is 4. The van der Waals surface area contributed by atoms with Gasteiger partial charge in [0.1, 0.15) is 5.75 Å². The summed E-state index contributed by atoms with van der Waals surface area (Å²) in [4.78, 5) is 23.8. The second-order valence-electron chi connectivity index (χ2n) is 6.52. The first-order valence-electron chi connectivity index (χ1n) is 9.23. The van der Waals surface area contributed by atoms with Crippen molar-refractivity contribution >= 4 is 68.6 Å². The van der Waals surface area contributed by atoms with Crippen LogP contribution in [0.2, 0.25) is 0 Å². The lowest BCUT2D eigenvalue weighted by Gasteiger charge is -2.13. The highest BCUT2D eigenvalue weighted by Gasteiger charge is 2.15. The molecule has 0 atom stereocenters. The molecule has 0 saturated heterocycles. The summed E-state index contributed by atoms with van der Waals surface area (Å²) < 4.78 is 5.38. The molecule has 3 aromatic rings. The summed E-state index contributed by atoms with van der Waals surface area (Å²) in [5.74, 6) is -0.163. The van der Waals surface area contributed by atoms with Crippen molar-refractivity contribution in [1.29, 1.82) is 0 Å². The molecule has 0 radical (unpaired) electrons. The summed E-state index contributed by atoms with van der Waals surface area (Å²) in [7, 11) is 1.52. The topological polar surface area (TPSA) is 91.5 Å². The molecule has 0 saturated carbocycles. The third-order valence-electron chi connectivity index (χ3n) is 4.23. The van der Waals surface area contributed by atoms with Gasteiger partial charge in [0.15, 0.2) is 10.2 Å². The van der Waals surface area contributed by atoms with Crippen molar-refractivity contribution in [2.24, 2.45) is 0 Å². The van der Waals surface area contributed by atoms with E-state index in [1.807, 2.05) is 30.3 Å². The number of anilines is 2. The standard InChI is InChI=1S/C22H20N4O3S2/c1-13(27)23-21(30)24-16-7-9-17(10-8-16)25-22(31)26-20(28)18-11-14-5-3-4-6-15(14)12-19(18)29-2/h3-12H,1-2H3,(H2,23,24,27,30)(H2,25,26,28,31). The highest BCUT2D eigenvalue weighted by molar-refractivity contribution is 7.80. The first-order chi connectivity index (χ1) is 14.9. The zero-order valence-electron chi connectivity index (χ0n) is 16.8. The van der Waals surface area contributed by atoms with E-state index in [1.165, 1.54) is 14.0 Å². The van der Waals surface area contributed by atoms with Crippen LogP contribution >= 0.6 is 24.4 Å². The maximum Gasteiger partial charge on any atom is 0.261 e. The van der Waals surface area contributed by atoms with E-state index in [9.17, 15) is 9.59 Å². The number of nitrogens with one attached hydrogen (secondary N) is 4. The van der Waals surface area contributed by atoms with Gasteiger partial charge in [-0.05, 0) is 71.6 Å². The minimum Gasteiger partial charge on any atom is -0.496 e. The minimum absolute atomic E-state index is 0.148. The number of thiocarbonyl (C=S) groups is 2. The van der Waals surface area contributed by atoms with Crippen LogP contribution < -0.4 is 26.0 Å². The third-order valence-corrected chi connectivity index (χ3v) is 4.64. The molecule has 4 N–H and O–H groups in total. The molecule has 9 heteroatoms. The van der Waals surface area contributed by atoms with Crippen molar-refractivity contribution in [2.45, 2.75) is 6.92 Å². The molecule has 0 aromatic heterocycles. The number of amides is 2. The fraction of sp³-hybridized carbons (Fsp3) is 0.0909. The fourth-order valence-corrected chi connectivity index (χ4v) is 3.33. The largest absolute Gasteiger partial charge is 0.496 e. The minimum atomic E-state index is -0.376. The lowest BCUT2D eigenvalue weighted by Crippen LogP contribution is -2.34. The Balaban J connectivity index is 1.64. The summed E-state index contributed by atoms with van der Waals surface area (Å²) in [6.07, 6.45) is 0. The van der Waals surface area contributed by atoms with Crippen LogP contribution in [0.15, 0.2) is 60.7 Å². The van der Waals surface area contributed by atoms with Crippen molar-refractivity contribution in [3.8, 4) is 5.75 Å². The molecular weight excluding hydrogens is 432 g/mol. The van der Waals surface area contributed by atoms with E-state index < -0.39 is 0 Å². The van der Waals surface area contributed by atoms with Crippen molar-refractivity contribution in [3.63, 3.8) is 0 Å². The van der Waals surface area contributed by atoms with Crippen LogP contribution in [0.1, 0.15) is 17.3 Å². The van der Waals surface area contributed by atoms with Gasteiger partial charge in [0.25, 0.3) is 5.91 Å². The van der Waals surface area contributed by atoms with Gasteiger partial charge in [0, 0.05) is 18.3 Å². The fourth-order valence-electron chi connectivity index (χ4n) is 2.86. The second-order valence-corrected chi connectivity index (χ2v) is 7.34. The second kappa shape index (κ2) is 9.96. The normalized spacial score (nSPS) is 10.1. The van der Waals surface area contributed by atoms with Gasteiger partial charge in [-0.3, -0.25) is 14.9 Å². The van der Waals surface area contributed by atoms with Crippen LogP contribution in [0.3, 0.4) is 0 Å². The van der Waals surface area contributed by atoms with Crippen LogP contribution in [0.4, 0.5) is 11.4 Å². The number of benzene rings is 3. The number of fused-ring (bicyclic) bond motifs is 1. The summed E-state index contributed by atoms with van der Waals surface area (Å²) in [6, 6.07) is 18.3. The van der Waals surface area contributed by atoms with E-state index in [0.29, 0.717) is 22.7 Å². The molecule has 7 nitrogen and oxygen atoms in total. The maximum absolute atomic E-state index is 12.8. The monoisotopic (exact) mass is 452 g/mol. The molecular formula is C22H20N4O3S2. The molecule has 0 aliphatic rings. The summed E-state index contributed by atoms with van der Waals surface area (Å²) in [5.41, 5.74) is 1.75. The molecule has 0 unspecified atom stereocenters. The molecule has 0 aliphatic carbocycles. The van der Waals surface area contributed by atoms with Gasteiger partial charge in [-0.2, -0.15) is 0 Å². The van der Waals surface area contributed by atoms with Crippen LogP contribution in [0, 0.1) is 0 Å². The summed E-state index contributed by atoms with van der Waals surface area (Å²) >= 11 is 10.3. The highest BCUT2D eigenvalue weighted by atomic mass is 32.1. The molecule has 0 fully saturated rings. The molecule has 0 aliphatic heterocycles. The maximum atomic E-state index is 12.8. The van der Waals surface area contributed by atoms with E-state index >= 15 is 0 Å². The van der Waals surface area contributed by atoms with Crippen molar-refractivity contribution in [3.05, 3.63) is 66.2 Å². The first-order valence-corrected chi connectivity index (χ1v) is 10.0. The van der Waals surface area contributed by atoms with Crippen molar-refractivity contribution in [2.75, 3.05) is 17.7 Å². The number of carbonyl (C=O) groups excluding carboxylic acids is 2. The van der Waals surface area contributed by atoms with Gasteiger partial charge in [-0.15, -0.1) is 0 Å². The smallest absolute Gasteiger partial charge is 0.261 e. The summed E-state index contributed by atoms with van der Waals surface area (Å²) in [5, 5.41) is 13.3. The van der Waals surface area contributed by atoms with Gasteiger partial charge in [0.2, 0.25) is 5.91 Å². The Morgan fingerprint density at radius 1 is 0.806 bits per heavy atom. The van der Waals surface area contributed by atoms with Crippen LogP contribution in [0.5, 0.6) is 5.75 Å². The summed E-state index contributed by atoms with van der Waals surface area (Å²) in [6.45, 7) is 1.38. The Kier molecular flexibility index (Phi) is 7.11. The SMILES string of the molecule is COc1cc2ccccc2cc1C(=O)NC(=S)Nc1ccc(NC(=S)NC(C)=O)cc1. The van der Waals surface area contributed by atoms with Crippen LogP contribution in [-0.4, -0.2) is 29.1 Å². The average Bonchev–Trinajstić information content (AvgIpc) is 2.73. The quantitative estimate of drug-likeness (QED) is 0.448. The zero-order valence-corrected chi connectivity index (χ0v) is 18.4. The predicted octanol–water partition coefficient (Wildman–Crippen LogP) is 3.81. The first kappa shape index (κ1) is 22.1. The number of ether oxygens (including phenoxy) is 1. The van der Waals surface area contributed by atoms with Gasteiger partial charge < -0.3 is 20.7 Å². The molecule has 158 valence electrons. The zero-order chi connectivity index (χ0) is 22.4. The van der Waals surface area contributed by atoms with Gasteiger partial charge >= 0.3 is 0 Å². The van der Waals surface area contributed by atoms with E-state index in [2.05, 4.69) is 21.3 Å². The molecule has 0 bridgehead atoms. The van der Waals surface area contributed by atoms with Crippen molar-refractivity contribution < 1.29 is 14.3 Å². The average molecular weight is 453 g/mol. The molecule has 31 heavy (non-hydrogen) atoms. The Morgan fingerprint density at radius 2 is 1.32 bits per heavy atom. The van der Waals surface area contributed by atoms with Crippen LogP contribution in [-0.2, 0) is 4.79 Å². The predicted molar refractivity (Wildman–Crippen MR) is 131 cm³/mol. The van der Waals surface area contributed by atoms with E-state index in [0.717, 1.165) is 10.8 Å². The van der Waals surface area contributed by atoms with Gasteiger partial charge in [0.05, 0.1) is 12.7 Å². The lowest BCUT2D eigenvalue weighted by molar-refractivity contribution is -0.117. The number of methoxy groups -OCH3 is 1. The van der Waals surface area contributed by atoms with E-state index in [1.54, 1.807) is 30.3 Å². The van der Waals surface area contributed by atoms with E-state index in [4.69, 9.17) is 29.2 Å². The van der Waals surface area contributed by atoms with E-state index in [-0.39, 0.29) is 22.0 Å². The Labute approximate surface area is 190 Å². The number of hydrogen-bond donors (Lipinski definition) is 4. The Hall–Kier alpha value is -3.56. The Morgan fingerprint density at radius 3 is 1.84 bits per heavy atom. The van der Waals surface area contributed by atoms with Crippen LogP contribution in [0.25, 0.3) is 10.8 Å². The molecule has 0 heterocycles. The number of carbonyl (C=O) groups is 2. The van der Waals surface area contributed by atoms with Gasteiger partial charge in [-0.1, -0.05) is 24.3 Å². The molecule has 2 amide bonds. The van der Waals surface area contributed by atoms with Gasteiger partial charge in [-0.25, -0.2) is 0 Å². The highest BCUT2D eigenvalue weighted by Crippen LogP contribution is 2.26. The third kappa shape index (κ3) is 5.97. The number of hydrogen-bond acceptors (Lipinski definition) is 5.